The Hall–Kier alpha value is -1.20. The van der Waals surface area contributed by atoms with Crippen LogP contribution in [0.4, 0.5) is 0 Å². The molecule has 4 nitrogen and oxygen atoms in total. The zero-order valence-corrected chi connectivity index (χ0v) is 11.5. The Bertz CT molecular complexity index is 501. The number of benzene rings is 1. The van der Waals surface area contributed by atoms with Crippen molar-refractivity contribution in [1.82, 2.24) is 15.0 Å². The van der Waals surface area contributed by atoms with E-state index in [9.17, 15) is 0 Å². The van der Waals surface area contributed by atoms with Gasteiger partial charge in [0.05, 0.1) is 5.69 Å². The number of hydrogen-bond donors (Lipinski definition) is 1. The molecule has 0 saturated carbocycles. The second-order valence-electron chi connectivity index (χ2n) is 4.48. The Kier molecular flexibility index (Phi) is 3.31. The summed E-state index contributed by atoms with van der Waals surface area (Å²) in [5.74, 6) is 0. The molecule has 0 amide bonds. The number of aryl methyl sites for hydroxylation is 1. The maximum atomic E-state index is 6.34. The third-order valence-corrected chi connectivity index (χ3v) is 3.23. The molecule has 2 rings (SSSR count). The Morgan fingerprint density at radius 2 is 2.00 bits per heavy atom. The number of hydrogen-bond acceptors (Lipinski definition) is 3. The van der Waals surface area contributed by atoms with E-state index in [0.29, 0.717) is 6.42 Å². The second-order valence-corrected chi connectivity index (χ2v) is 5.40. The van der Waals surface area contributed by atoms with Crippen LogP contribution in [0.2, 0.25) is 0 Å². The van der Waals surface area contributed by atoms with E-state index in [1.807, 2.05) is 44.4 Å². The molecule has 0 aliphatic carbocycles. The second kappa shape index (κ2) is 4.58. The topological polar surface area (TPSA) is 56.7 Å². The summed E-state index contributed by atoms with van der Waals surface area (Å²) >= 11 is 3.42. The highest BCUT2D eigenvalue weighted by molar-refractivity contribution is 9.10. The largest absolute Gasteiger partial charge is 0.321 e. The van der Waals surface area contributed by atoms with Gasteiger partial charge in [0.1, 0.15) is 0 Å². The third-order valence-electron chi connectivity index (χ3n) is 2.70. The average molecular weight is 295 g/mol. The van der Waals surface area contributed by atoms with Gasteiger partial charge in [-0.2, -0.15) is 0 Å². The molecule has 0 saturated heterocycles. The number of nitrogens with two attached hydrogens (primary N) is 1. The van der Waals surface area contributed by atoms with E-state index >= 15 is 0 Å². The number of nitrogens with zero attached hydrogens (tertiary/aromatic N) is 3. The van der Waals surface area contributed by atoms with Crippen LogP contribution >= 0.6 is 15.9 Å². The van der Waals surface area contributed by atoms with Gasteiger partial charge in [0.15, 0.2) is 0 Å². The van der Waals surface area contributed by atoms with Gasteiger partial charge in [0.2, 0.25) is 0 Å². The maximum Gasteiger partial charge on any atom is 0.0848 e. The lowest BCUT2D eigenvalue weighted by molar-refractivity contribution is 0.484. The van der Waals surface area contributed by atoms with Crippen molar-refractivity contribution in [2.24, 2.45) is 12.8 Å². The lowest BCUT2D eigenvalue weighted by atomic mass is 9.89. The fourth-order valence-electron chi connectivity index (χ4n) is 1.79. The predicted molar refractivity (Wildman–Crippen MR) is 70.4 cm³/mol. The normalized spacial score (nSPS) is 14.6. The van der Waals surface area contributed by atoms with Gasteiger partial charge < -0.3 is 5.73 Å². The van der Waals surface area contributed by atoms with Gasteiger partial charge in [0, 0.05) is 29.7 Å². The first kappa shape index (κ1) is 12.3. The van der Waals surface area contributed by atoms with Crippen molar-refractivity contribution in [3.8, 4) is 0 Å². The summed E-state index contributed by atoms with van der Waals surface area (Å²) in [4.78, 5) is 0. The molecule has 1 aromatic heterocycles. The van der Waals surface area contributed by atoms with E-state index in [1.54, 1.807) is 4.68 Å². The van der Waals surface area contributed by atoms with Gasteiger partial charge in [-0.3, -0.25) is 4.68 Å². The van der Waals surface area contributed by atoms with Crippen LogP contribution in [-0.2, 0) is 19.0 Å². The molecule has 0 spiro atoms. The first-order valence-corrected chi connectivity index (χ1v) is 6.17. The summed E-state index contributed by atoms with van der Waals surface area (Å²) in [5.41, 5.74) is 7.90. The zero-order valence-electron chi connectivity index (χ0n) is 9.89. The van der Waals surface area contributed by atoms with Gasteiger partial charge in [0.25, 0.3) is 0 Å². The summed E-state index contributed by atoms with van der Waals surface area (Å²) < 4.78 is 2.74. The van der Waals surface area contributed by atoms with Crippen molar-refractivity contribution < 1.29 is 0 Å². The van der Waals surface area contributed by atoms with Crippen LogP contribution < -0.4 is 5.73 Å². The highest BCUT2D eigenvalue weighted by atomic mass is 79.9. The summed E-state index contributed by atoms with van der Waals surface area (Å²) in [6.45, 7) is 2.00. The minimum Gasteiger partial charge on any atom is -0.321 e. The fourth-order valence-corrected chi connectivity index (χ4v) is 2.05. The standard InChI is InChI=1S/C12H15BrN4/c1-12(14,7-11-8-17(2)16-15-11)9-3-5-10(13)6-4-9/h3-6,8H,7,14H2,1-2H3. The molecule has 0 bridgehead atoms. The number of halogens is 1. The van der Waals surface area contributed by atoms with Gasteiger partial charge in [-0.05, 0) is 24.6 Å². The zero-order chi connectivity index (χ0) is 12.5. The molecule has 0 aliphatic heterocycles. The van der Waals surface area contributed by atoms with Crippen molar-refractivity contribution in [2.45, 2.75) is 18.9 Å². The van der Waals surface area contributed by atoms with Gasteiger partial charge >= 0.3 is 0 Å². The van der Waals surface area contributed by atoms with Crippen LogP contribution in [0.1, 0.15) is 18.2 Å². The minimum atomic E-state index is -0.434. The quantitative estimate of drug-likeness (QED) is 0.942. The maximum absolute atomic E-state index is 6.34. The molecule has 90 valence electrons. The van der Waals surface area contributed by atoms with Crippen molar-refractivity contribution in [3.05, 3.63) is 46.2 Å². The summed E-state index contributed by atoms with van der Waals surface area (Å²) in [6.07, 6.45) is 2.56. The third kappa shape index (κ3) is 2.92. The molecular weight excluding hydrogens is 280 g/mol. The Morgan fingerprint density at radius 1 is 1.35 bits per heavy atom. The molecule has 0 fully saturated rings. The van der Waals surface area contributed by atoms with Crippen LogP contribution in [-0.4, -0.2) is 15.0 Å². The van der Waals surface area contributed by atoms with Gasteiger partial charge in [-0.1, -0.05) is 33.3 Å². The van der Waals surface area contributed by atoms with Gasteiger partial charge in [-0.25, -0.2) is 0 Å². The van der Waals surface area contributed by atoms with Crippen LogP contribution in [0.3, 0.4) is 0 Å². The van der Waals surface area contributed by atoms with Crippen molar-refractivity contribution >= 4 is 15.9 Å². The van der Waals surface area contributed by atoms with E-state index in [0.717, 1.165) is 15.7 Å². The van der Waals surface area contributed by atoms with Crippen LogP contribution in [0, 0.1) is 0 Å². The van der Waals surface area contributed by atoms with Crippen molar-refractivity contribution in [1.29, 1.82) is 0 Å². The molecular formula is C12H15BrN4. The molecule has 0 radical (unpaired) electrons. The Morgan fingerprint density at radius 3 is 2.53 bits per heavy atom. The van der Waals surface area contributed by atoms with E-state index in [-0.39, 0.29) is 0 Å². The van der Waals surface area contributed by atoms with Crippen LogP contribution in [0.15, 0.2) is 34.9 Å². The predicted octanol–water partition coefficient (Wildman–Crippen LogP) is 1.99. The van der Waals surface area contributed by atoms with E-state index in [2.05, 4.69) is 26.2 Å². The lowest BCUT2D eigenvalue weighted by Gasteiger charge is -2.24. The summed E-state index contributed by atoms with van der Waals surface area (Å²) in [6, 6.07) is 8.05. The monoisotopic (exact) mass is 294 g/mol. The van der Waals surface area contributed by atoms with E-state index < -0.39 is 5.54 Å². The molecule has 1 unspecified atom stereocenters. The highest BCUT2D eigenvalue weighted by Crippen LogP contribution is 2.23. The van der Waals surface area contributed by atoms with Crippen LogP contribution in [0.5, 0.6) is 0 Å². The Balaban J connectivity index is 2.21. The summed E-state index contributed by atoms with van der Waals surface area (Å²) in [7, 11) is 1.85. The SMILES string of the molecule is Cn1cc(CC(C)(N)c2ccc(Br)cc2)nn1. The lowest BCUT2D eigenvalue weighted by Crippen LogP contribution is -2.35. The molecule has 17 heavy (non-hydrogen) atoms. The molecule has 0 aliphatic rings. The average Bonchev–Trinajstić information content (AvgIpc) is 2.63. The van der Waals surface area contributed by atoms with Crippen LogP contribution in [0.25, 0.3) is 0 Å². The fraction of sp³-hybridized carbons (Fsp3) is 0.333. The first-order chi connectivity index (χ1) is 7.97. The van der Waals surface area contributed by atoms with Gasteiger partial charge in [-0.15, -0.1) is 5.10 Å². The smallest absolute Gasteiger partial charge is 0.0848 e. The molecule has 2 N–H and O–H groups in total. The van der Waals surface area contributed by atoms with E-state index in [1.165, 1.54) is 0 Å². The number of aromatic nitrogens is 3. The number of rotatable bonds is 3. The molecule has 2 aromatic rings. The molecule has 1 atom stereocenters. The highest BCUT2D eigenvalue weighted by Gasteiger charge is 2.23. The van der Waals surface area contributed by atoms with E-state index in [4.69, 9.17) is 5.73 Å². The minimum absolute atomic E-state index is 0.434. The molecule has 1 aromatic carbocycles. The van der Waals surface area contributed by atoms with Crippen molar-refractivity contribution in [2.75, 3.05) is 0 Å². The first-order valence-electron chi connectivity index (χ1n) is 5.37. The molecule has 1 heterocycles. The summed E-state index contributed by atoms with van der Waals surface area (Å²) in [5, 5.41) is 7.98. The van der Waals surface area contributed by atoms with Crippen molar-refractivity contribution in [3.63, 3.8) is 0 Å². The Labute approximate surface area is 109 Å². The molecule has 5 heteroatoms.